The number of anilines is 1. The first kappa shape index (κ1) is 27.1. The molecule has 4 fully saturated rings. The number of carbonyl (C=O) groups is 3. The van der Waals surface area contributed by atoms with Gasteiger partial charge < -0.3 is 25.2 Å². The predicted molar refractivity (Wildman–Crippen MR) is 150 cm³/mol. The number of hydrogen-bond donors (Lipinski definition) is 2. The molecule has 4 heterocycles. The lowest BCUT2D eigenvalue weighted by molar-refractivity contribution is -0.141. The molecule has 1 aromatic rings. The van der Waals surface area contributed by atoms with Crippen LogP contribution in [0.15, 0.2) is 30.4 Å². The van der Waals surface area contributed by atoms with Crippen molar-refractivity contribution in [1.29, 1.82) is 0 Å². The van der Waals surface area contributed by atoms with Crippen LogP contribution in [0.5, 0.6) is 0 Å². The topological polar surface area (TPSA) is 91.0 Å². The molecule has 1 aliphatic carbocycles. The van der Waals surface area contributed by atoms with Crippen LogP contribution in [-0.2, 0) is 19.1 Å². The minimum atomic E-state index is -1.15. The van der Waals surface area contributed by atoms with Crippen LogP contribution in [0.4, 0.5) is 5.69 Å². The summed E-state index contributed by atoms with van der Waals surface area (Å²) in [5.41, 5.74) is -0.656. The van der Waals surface area contributed by atoms with Gasteiger partial charge in [-0.2, -0.15) is 0 Å². The summed E-state index contributed by atoms with van der Waals surface area (Å²) < 4.78 is 6.46. The van der Waals surface area contributed by atoms with Gasteiger partial charge in [0.2, 0.25) is 17.7 Å². The molecule has 5 aliphatic rings. The largest absolute Gasteiger partial charge is 0.359 e. The van der Waals surface area contributed by atoms with Gasteiger partial charge in [-0.1, -0.05) is 61.0 Å². The molecule has 2 N–H and O–H groups in total. The van der Waals surface area contributed by atoms with Gasteiger partial charge >= 0.3 is 0 Å². The van der Waals surface area contributed by atoms with E-state index in [1.54, 1.807) is 23.1 Å². The highest BCUT2D eigenvalue weighted by molar-refractivity contribution is 6.42. The lowest BCUT2D eigenvalue weighted by Crippen LogP contribution is -2.57. The Labute approximate surface area is 239 Å². The van der Waals surface area contributed by atoms with E-state index in [0.717, 1.165) is 51.6 Å². The molecule has 2 bridgehead atoms. The third-order valence-corrected chi connectivity index (χ3v) is 9.91. The molecule has 0 unspecified atom stereocenters. The van der Waals surface area contributed by atoms with E-state index < -0.39 is 29.6 Å². The van der Waals surface area contributed by atoms with E-state index in [4.69, 9.17) is 27.9 Å². The number of nitrogens with one attached hydrogen (secondary N) is 2. The maximum absolute atomic E-state index is 14.1. The lowest BCUT2D eigenvalue weighted by Gasteiger charge is -2.35. The zero-order chi connectivity index (χ0) is 27.1. The average molecular weight is 576 g/mol. The Morgan fingerprint density at radius 1 is 0.974 bits per heavy atom. The summed E-state index contributed by atoms with van der Waals surface area (Å²) in [5, 5.41) is 6.87. The number of fused-ring (bicyclic) bond motifs is 1. The standard InChI is InChI=1S/C29H36Cl2N4O4/c30-20-10-9-19(17-21(20)31)33-26(36)23-22-11-12-29(39-22)24(23)28(38)35(16-15-34-13-5-2-6-14-34)25(29)27(37)32-18-7-3-1-4-8-18/h9-12,17-18,22-25H,1-8,13-16H2,(H,32,37)(H,33,36)/t22-,23+,24-,25+,29-/m0/s1. The zero-order valence-electron chi connectivity index (χ0n) is 22.0. The fourth-order valence-electron chi connectivity index (χ4n) is 7.27. The van der Waals surface area contributed by atoms with E-state index in [2.05, 4.69) is 15.5 Å². The summed E-state index contributed by atoms with van der Waals surface area (Å²) in [6.07, 6.45) is 11.9. The van der Waals surface area contributed by atoms with Gasteiger partial charge in [0.25, 0.3) is 0 Å². The van der Waals surface area contributed by atoms with Crippen LogP contribution in [0.1, 0.15) is 51.4 Å². The van der Waals surface area contributed by atoms with Crippen molar-refractivity contribution < 1.29 is 19.1 Å². The summed E-state index contributed by atoms with van der Waals surface area (Å²) in [5.74, 6) is -2.20. The molecule has 1 aromatic carbocycles. The third kappa shape index (κ3) is 4.98. The van der Waals surface area contributed by atoms with Crippen LogP contribution in [0, 0.1) is 11.8 Å². The van der Waals surface area contributed by atoms with Crippen molar-refractivity contribution in [2.45, 2.75) is 75.2 Å². The van der Waals surface area contributed by atoms with E-state index in [9.17, 15) is 14.4 Å². The Hall–Kier alpha value is -2.13. The van der Waals surface area contributed by atoms with Gasteiger partial charge in [-0.05, 0) is 57.0 Å². The van der Waals surface area contributed by atoms with Gasteiger partial charge in [0.05, 0.1) is 28.0 Å². The Morgan fingerprint density at radius 3 is 2.46 bits per heavy atom. The summed E-state index contributed by atoms with van der Waals surface area (Å²) in [6.45, 7) is 3.14. The van der Waals surface area contributed by atoms with Gasteiger partial charge in [-0.25, -0.2) is 0 Å². The second kappa shape index (κ2) is 11.0. The molecule has 39 heavy (non-hydrogen) atoms. The minimum absolute atomic E-state index is 0.108. The van der Waals surface area contributed by atoms with Crippen molar-refractivity contribution in [3.8, 4) is 0 Å². The normalized spacial score (nSPS) is 32.5. The van der Waals surface area contributed by atoms with Crippen molar-refractivity contribution in [3.05, 3.63) is 40.4 Å². The molecule has 6 rings (SSSR count). The van der Waals surface area contributed by atoms with Crippen LogP contribution in [-0.4, -0.2) is 77.5 Å². The maximum Gasteiger partial charge on any atom is 0.246 e. The molecule has 1 spiro atoms. The molecule has 3 amide bonds. The minimum Gasteiger partial charge on any atom is -0.359 e. The second-order valence-corrected chi connectivity index (χ2v) is 12.4. The van der Waals surface area contributed by atoms with Gasteiger partial charge in [0.1, 0.15) is 11.6 Å². The van der Waals surface area contributed by atoms with Gasteiger partial charge in [0.15, 0.2) is 0 Å². The van der Waals surface area contributed by atoms with Crippen molar-refractivity contribution in [2.24, 2.45) is 11.8 Å². The first-order valence-corrected chi connectivity index (χ1v) is 15.1. The smallest absolute Gasteiger partial charge is 0.246 e. The van der Waals surface area contributed by atoms with Crippen LogP contribution in [0.2, 0.25) is 10.0 Å². The number of rotatable bonds is 7. The number of benzene rings is 1. The van der Waals surface area contributed by atoms with Gasteiger partial charge in [-0.3, -0.25) is 14.4 Å². The number of carbonyl (C=O) groups excluding carboxylic acids is 3. The number of amides is 3. The molecule has 1 saturated carbocycles. The monoisotopic (exact) mass is 574 g/mol. The lowest BCUT2D eigenvalue weighted by atomic mass is 9.74. The highest BCUT2D eigenvalue weighted by Gasteiger charge is 2.72. The average Bonchev–Trinajstić information content (AvgIpc) is 3.58. The number of halogens is 2. The molecular weight excluding hydrogens is 539 g/mol. The van der Waals surface area contributed by atoms with Gasteiger partial charge in [0, 0.05) is 24.8 Å². The van der Waals surface area contributed by atoms with Crippen molar-refractivity contribution in [1.82, 2.24) is 15.1 Å². The Kier molecular flexibility index (Phi) is 7.66. The van der Waals surface area contributed by atoms with E-state index in [1.165, 1.54) is 12.8 Å². The second-order valence-electron chi connectivity index (χ2n) is 11.6. The molecule has 0 radical (unpaired) electrons. The Bertz CT molecular complexity index is 1170. The summed E-state index contributed by atoms with van der Waals surface area (Å²) in [4.78, 5) is 45.7. The van der Waals surface area contributed by atoms with Gasteiger partial charge in [-0.15, -0.1) is 0 Å². The molecule has 210 valence electrons. The first-order chi connectivity index (χ1) is 18.9. The SMILES string of the molecule is O=C(Nc1ccc(Cl)c(Cl)c1)[C@@H]1[C@@H]2C=C[C@]3(O2)[C@@H]1C(=O)N(CCN1CCCCC1)[C@@H]3C(=O)NC1CCCCC1. The third-order valence-electron chi connectivity index (χ3n) is 9.17. The fraction of sp³-hybridized carbons (Fsp3) is 0.621. The summed E-state index contributed by atoms with van der Waals surface area (Å²) in [6, 6.07) is 4.19. The van der Waals surface area contributed by atoms with Crippen LogP contribution in [0.3, 0.4) is 0 Å². The van der Waals surface area contributed by atoms with E-state index >= 15 is 0 Å². The number of nitrogens with zero attached hydrogens (tertiary/aromatic N) is 2. The zero-order valence-corrected chi connectivity index (χ0v) is 23.6. The molecule has 5 atom stereocenters. The quantitative estimate of drug-likeness (QED) is 0.480. The molecular formula is C29H36Cl2N4O4. The highest BCUT2D eigenvalue weighted by atomic mass is 35.5. The molecule has 0 aromatic heterocycles. The van der Waals surface area contributed by atoms with Crippen molar-refractivity contribution >= 4 is 46.6 Å². The molecule has 3 saturated heterocycles. The number of hydrogen-bond acceptors (Lipinski definition) is 5. The number of likely N-dealkylation sites (tertiary alicyclic amines) is 2. The first-order valence-electron chi connectivity index (χ1n) is 14.3. The van der Waals surface area contributed by atoms with Crippen LogP contribution >= 0.6 is 23.2 Å². The Balaban J connectivity index is 1.26. The van der Waals surface area contributed by atoms with E-state index in [-0.39, 0.29) is 23.8 Å². The molecule has 4 aliphatic heterocycles. The van der Waals surface area contributed by atoms with Crippen LogP contribution < -0.4 is 10.6 Å². The van der Waals surface area contributed by atoms with Crippen molar-refractivity contribution in [2.75, 3.05) is 31.5 Å². The number of ether oxygens (including phenoxy) is 1. The fourth-order valence-corrected chi connectivity index (χ4v) is 7.56. The highest BCUT2D eigenvalue weighted by Crippen LogP contribution is 2.55. The summed E-state index contributed by atoms with van der Waals surface area (Å²) in [7, 11) is 0. The van der Waals surface area contributed by atoms with E-state index in [0.29, 0.717) is 28.8 Å². The van der Waals surface area contributed by atoms with Crippen LogP contribution in [0.25, 0.3) is 0 Å². The molecule has 10 heteroatoms. The maximum atomic E-state index is 14.1. The molecule has 8 nitrogen and oxygen atoms in total. The Morgan fingerprint density at radius 2 is 1.72 bits per heavy atom. The predicted octanol–water partition coefficient (Wildman–Crippen LogP) is 4.02. The van der Waals surface area contributed by atoms with E-state index in [1.807, 2.05) is 12.2 Å². The summed E-state index contributed by atoms with van der Waals surface area (Å²) >= 11 is 12.2. The van der Waals surface area contributed by atoms with Crippen molar-refractivity contribution in [3.63, 3.8) is 0 Å². The number of piperidine rings is 1.